The number of sulfonamides is 1. The predicted octanol–water partition coefficient (Wildman–Crippen LogP) is 1.88. The molecular weight excluding hydrogens is 356 g/mol. The molecule has 7 nitrogen and oxygen atoms in total. The minimum atomic E-state index is -3.66. The van der Waals surface area contributed by atoms with Gasteiger partial charge in [0.25, 0.3) is 5.91 Å². The summed E-state index contributed by atoms with van der Waals surface area (Å²) >= 11 is 0. The van der Waals surface area contributed by atoms with E-state index in [1.54, 1.807) is 18.7 Å². The Morgan fingerprint density at radius 3 is 2.38 bits per heavy atom. The van der Waals surface area contributed by atoms with Crippen molar-refractivity contribution in [2.24, 2.45) is 0 Å². The molecule has 1 amide bonds. The molecule has 1 fully saturated rings. The molecule has 1 atom stereocenters. The van der Waals surface area contributed by atoms with Crippen LogP contribution in [0, 0.1) is 0 Å². The van der Waals surface area contributed by atoms with Crippen molar-refractivity contribution in [3.05, 3.63) is 29.8 Å². The molecule has 1 unspecified atom stereocenters. The third-order valence-electron chi connectivity index (χ3n) is 4.46. The summed E-state index contributed by atoms with van der Waals surface area (Å²) in [5.74, 6) is -0.926. The van der Waals surface area contributed by atoms with Gasteiger partial charge in [0, 0.05) is 26.2 Å². The minimum Gasteiger partial charge on any atom is -0.449 e. The second-order valence-electron chi connectivity index (χ2n) is 6.20. The van der Waals surface area contributed by atoms with Gasteiger partial charge in [-0.1, -0.05) is 19.9 Å². The first kappa shape index (κ1) is 20.4. The highest BCUT2D eigenvalue weighted by molar-refractivity contribution is 7.89. The van der Waals surface area contributed by atoms with Crippen LogP contribution < -0.4 is 0 Å². The quantitative estimate of drug-likeness (QED) is 0.673. The van der Waals surface area contributed by atoms with Gasteiger partial charge in [-0.2, -0.15) is 4.31 Å². The largest absolute Gasteiger partial charge is 0.449 e. The van der Waals surface area contributed by atoms with E-state index in [0.29, 0.717) is 26.2 Å². The number of carbonyl (C=O) groups excluding carboxylic acids is 2. The fraction of sp³-hybridized carbons (Fsp3) is 0.556. The molecule has 0 N–H and O–H groups in total. The van der Waals surface area contributed by atoms with Crippen LogP contribution in [0.25, 0.3) is 0 Å². The van der Waals surface area contributed by atoms with Gasteiger partial charge >= 0.3 is 5.97 Å². The van der Waals surface area contributed by atoms with E-state index >= 15 is 0 Å². The van der Waals surface area contributed by atoms with Crippen molar-refractivity contribution < 1.29 is 22.7 Å². The van der Waals surface area contributed by atoms with Gasteiger partial charge in [0.15, 0.2) is 6.10 Å². The number of likely N-dealkylation sites (tertiary alicyclic amines) is 1. The number of ether oxygens (including phenoxy) is 1. The average molecular weight is 382 g/mol. The fourth-order valence-electron chi connectivity index (χ4n) is 2.97. The molecule has 0 bridgehead atoms. The van der Waals surface area contributed by atoms with Gasteiger partial charge in [0.2, 0.25) is 10.0 Å². The summed E-state index contributed by atoms with van der Waals surface area (Å²) in [6.45, 7) is 7.09. The second-order valence-corrected chi connectivity index (χ2v) is 8.14. The van der Waals surface area contributed by atoms with Gasteiger partial charge < -0.3 is 9.64 Å². The molecule has 8 heteroatoms. The van der Waals surface area contributed by atoms with Crippen LogP contribution in [0.2, 0.25) is 0 Å². The molecule has 0 aromatic heterocycles. The van der Waals surface area contributed by atoms with E-state index in [4.69, 9.17) is 4.74 Å². The zero-order valence-corrected chi connectivity index (χ0v) is 16.3. The van der Waals surface area contributed by atoms with Crippen LogP contribution in [0.1, 0.15) is 44.0 Å². The molecule has 0 aliphatic carbocycles. The van der Waals surface area contributed by atoms with Crippen molar-refractivity contribution >= 4 is 21.9 Å². The molecule has 26 heavy (non-hydrogen) atoms. The molecule has 1 aromatic carbocycles. The lowest BCUT2D eigenvalue weighted by atomic mass is 10.2. The molecule has 1 heterocycles. The summed E-state index contributed by atoms with van der Waals surface area (Å²) < 4.78 is 31.7. The maximum absolute atomic E-state index is 12.6. The Hall–Kier alpha value is -1.93. The van der Waals surface area contributed by atoms with Crippen LogP contribution in [0.5, 0.6) is 0 Å². The van der Waals surface area contributed by atoms with Gasteiger partial charge in [0.05, 0.1) is 10.5 Å². The Morgan fingerprint density at radius 1 is 1.19 bits per heavy atom. The van der Waals surface area contributed by atoms with E-state index in [1.165, 1.54) is 35.5 Å². The summed E-state index contributed by atoms with van der Waals surface area (Å²) in [5, 5.41) is 0. The molecule has 0 saturated carbocycles. The summed E-state index contributed by atoms with van der Waals surface area (Å²) in [4.78, 5) is 26.3. The number of rotatable bonds is 7. The van der Waals surface area contributed by atoms with E-state index in [1.807, 2.05) is 0 Å². The highest BCUT2D eigenvalue weighted by Crippen LogP contribution is 2.18. The Labute approximate surface area is 155 Å². The van der Waals surface area contributed by atoms with Crippen LogP contribution in [0.3, 0.4) is 0 Å². The van der Waals surface area contributed by atoms with E-state index in [0.717, 1.165) is 12.8 Å². The first-order valence-electron chi connectivity index (χ1n) is 8.91. The van der Waals surface area contributed by atoms with E-state index in [-0.39, 0.29) is 16.4 Å². The molecular formula is C18H26N2O5S. The van der Waals surface area contributed by atoms with Crippen LogP contribution in [0.15, 0.2) is 29.2 Å². The zero-order valence-electron chi connectivity index (χ0n) is 15.5. The molecule has 2 rings (SSSR count). The summed E-state index contributed by atoms with van der Waals surface area (Å²) in [7, 11) is -3.66. The van der Waals surface area contributed by atoms with E-state index < -0.39 is 22.1 Å². The third-order valence-corrected chi connectivity index (χ3v) is 6.51. The second kappa shape index (κ2) is 8.64. The Kier molecular flexibility index (Phi) is 6.77. The van der Waals surface area contributed by atoms with Crippen molar-refractivity contribution in [1.29, 1.82) is 0 Å². The molecule has 0 radical (unpaired) electrons. The van der Waals surface area contributed by atoms with Crippen molar-refractivity contribution in [1.82, 2.24) is 9.21 Å². The van der Waals surface area contributed by atoms with Gasteiger partial charge in [0.1, 0.15) is 0 Å². The number of esters is 1. The molecule has 1 aromatic rings. The zero-order chi connectivity index (χ0) is 19.3. The lowest BCUT2D eigenvalue weighted by Gasteiger charge is -2.21. The Balaban J connectivity index is 2.13. The van der Waals surface area contributed by atoms with Crippen LogP contribution >= 0.6 is 0 Å². The number of benzene rings is 1. The topological polar surface area (TPSA) is 84.0 Å². The smallest absolute Gasteiger partial charge is 0.338 e. The first-order valence-corrected chi connectivity index (χ1v) is 10.3. The third kappa shape index (κ3) is 4.42. The van der Waals surface area contributed by atoms with Gasteiger partial charge in [-0.3, -0.25) is 4.79 Å². The average Bonchev–Trinajstić information content (AvgIpc) is 3.16. The fourth-order valence-corrected chi connectivity index (χ4v) is 4.47. The van der Waals surface area contributed by atoms with Crippen LogP contribution in [0.4, 0.5) is 0 Å². The number of hydrogen-bond donors (Lipinski definition) is 0. The van der Waals surface area contributed by atoms with Crippen molar-refractivity contribution in [2.45, 2.75) is 44.6 Å². The van der Waals surface area contributed by atoms with E-state index in [9.17, 15) is 18.0 Å². The summed E-state index contributed by atoms with van der Waals surface area (Å²) in [6.07, 6.45) is 1.01. The minimum absolute atomic E-state index is 0.0363. The maximum atomic E-state index is 12.6. The standard InChI is InChI=1S/C18H26N2O5S/c1-4-20(5-2)26(23,24)16-10-8-9-15(13-16)18(22)25-14(3)17(21)19-11-6-7-12-19/h8-10,13-14H,4-7,11-12H2,1-3H3. The monoisotopic (exact) mass is 382 g/mol. The summed E-state index contributed by atoms with van der Waals surface area (Å²) in [5.41, 5.74) is 0.110. The molecule has 1 saturated heterocycles. The predicted molar refractivity (Wildman–Crippen MR) is 97.2 cm³/mol. The molecule has 0 spiro atoms. The Morgan fingerprint density at radius 2 is 1.81 bits per heavy atom. The lowest BCUT2D eigenvalue weighted by Crippen LogP contribution is -2.38. The van der Waals surface area contributed by atoms with Gasteiger partial charge in [-0.05, 0) is 38.0 Å². The summed E-state index contributed by atoms with van der Waals surface area (Å²) in [6, 6.07) is 5.73. The highest BCUT2D eigenvalue weighted by Gasteiger charge is 2.27. The van der Waals surface area contributed by atoms with Crippen molar-refractivity contribution in [3.8, 4) is 0 Å². The number of amides is 1. The lowest BCUT2D eigenvalue weighted by molar-refractivity contribution is -0.138. The van der Waals surface area contributed by atoms with Gasteiger partial charge in [-0.15, -0.1) is 0 Å². The number of nitrogens with zero attached hydrogens (tertiary/aromatic N) is 2. The normalized spacial score (nSPS) is 15.9. The van der Waals surface area contributed by atoms with Crippen LogP contribution in [-0.4, -0.2) is 61.8 Å². The molecule has 1 aliphatic heterocycles. The SMILES string of the molecule is CCN(CC)S(=O)(=O)c1cccc(C(=O)OC(C)C(=O)N2CCCC2)c1. The van der Waals surface area contributed by atoms with Crippen LogP contribution in [-0.2, 0) is 19.6 Å². The maximum Gasteiger partial charge on any atom is 0.338 e. The van der Waals surface area contributed by atoms with Gasteiger partial charge in [-0.25, -0.2) is 13.2 Å². The number of carbonyl (C=O) groups is 2. The molecule has 1 aliphatic rings. The highest BCUT2D eigenvalue weighted by atomic mass is 32.2. The van der Waals surface area contributed by atoms with Crippen molar-refractivity contribution in [2.75, 3.05) is 26.2 Å². The first-order chi connectivity index (χ1) is 12.3. The number of hydrogen-bond acceptors (Lipinski definition) is 5. The van der Waals surface area contributed by atoms with Crippen molar-refractivity contribution in [3.63, 3.8) is 0 Å². The van der Waals surface area contributed by atoms with E-state index in [2.05, 4.69) is 0 Å². The Bertz CT molecular complexity index is 753. The molecule has 144 valence electrons.